The van der Waals surface area contributed by atoms with E-state index in [0.29, 0.717) is 12.0 Å². The summed E-state index contributed by atoms with van der Waals surface area (Å²) in [6.07, 6.45) is 3.25. The second-order valence-electron chi connectivity index (χ2n) is 4.87. The summed E-state index contributed by atoms with van der Waals surface area (Å²) in [5.41, 5.74) is 2.34. The number of nitrogens with zero attached hydrogens (tertiary/aromatic N) is 2. The van der Waals surface area contributed by atoms with Crippen LogP contribution in [0.5, 0.6) is 0 Å². The molecule has 1 saturated carbocycles. The van der Waals surface area contributed by atoms with Crippen molar-refractivity contribution in [3.05, 3.63) is 23.3 Å². The zero-order valence-corrected chi connectivity index (χ0v) is 10.6. The van der Waals surface area contributed by atoms with Crippen molar-refractivity contribution >= 4 is 0 Å². The fraction of sp³-hybridized carbons (Fsp3) is 0.692. The summed E-state index contributed by atoms with van der Waals surface area (Å²) in [5.74, 6) is 2.43. The first-order chi connectivity index (χ1) is 7.63. The maximum atomic E-state index is 4.64. The van der Waals surface area contributed by atoms with Crippen molar-refractivity contribution in [2.45, 2.75) is 46.1 Å². The molecule has 0 bridgehead atoms. The summed E-state index contributed by atoms with van der Waals surface area (Å²) in [4.78, 5) is 9.14. The molecule has 1 aliphatic carbocycles. The molecule has 1 fully saturated rings. The van der Waals surface area contributed by atoms with Gasteiger partial charge in [0, 0.05) is 29.4 Å². The minimum absolute atomic E-state index is 0.343. The number of nitrogens with one attached hydrogen (secondary N) is 1. The van der Waals surface area contributed by atoms with Crippen LogP contribution in [0.1, 0.15) is 56.2 Å². The standard InChI is InChI=1S/C13H21N3/c1-5-14-9(3)12-7-15-13(16-10(12)4)11-6-8(11)2/h7-9,11,14H,5-6H2,1-4H3. The van der Waals surface area contributed by atoms with Crippen LogP contribution in [0, 0.1) is 12.8 Å². The van der Waals surface area contributed by atoms with Crippen LogP contribution in [0.2, 0.25) is 0 Å². The summed E-state index contributed by atoms with van der Waals surface area (Å²) < 4.78 is 0. The van der Waals surface area contributed by atoms with Crippen LogP contribution in [0.3, 0.4) is 0 Å². The van der Waals surface area contributed by atoms with Gasteiger partial charge < -0.3 is 5.32 Å². The maximum Gasteiger partial charge on any atom is 0.131 e. The number of aryl methyl sites for hydroxylation is 1. The van der Waals surface area contributed by atoms with E-state index in [-0.39, 0.29) is 0 Å². The normalized spacial score (nSPS) is 25.5. The first-order valence-electron chi connectivity index (χ1n) is 6.20. The van der Waals surface area contributed by atoms with Crippen molar-refractivity contribution in [3.8, 4) is 0 Å². The lowest BCUT2D eigenvalue weighted by Gasteiger charge is -2.14. The lowest BCUT2D eigenvalue weighted by Crippen LogP contribution is -2.19. The number of hydrogen-bond donors (Lipinski definition) is 1. The van der Waals surface area contributed by atoms with Gasteiger partial charge in [0.1, 0.15) is 5.82 Å². The smallest absolute Gasteiger partial charge is 0.131 e. The molecule has 2 rings (SSSR count). The molecule has 0 saturated heterocycles. The van der Waals surface area contributed by atoms with Crippen LogP contribution in [0.25, 0.3) is 0 Å². The zero-order chi connectivity index (χ0) is 11.7. The molecule has 0 aromatic carbocycles. The lowest BCUT2D eigenvalue weighted by atomic mass is 10.1. The van der Waals surface area contributed by atoms with Gasteiger partial charge in [-0.2, -0.15) is 0 Å². The first kappa shape index (κ1) is 11.5. The molecular formula is C13H21N3. The van der Waals surface area contributed by atoms with E-state index in [1.54, 1.807) is 0 Å². The Morgan fingerprint density at radius 1 is 1.56 bits per heavy atom. The van der Waals surface area contributed by atoms with Gasteiger partial charge in [0.2, 0.25) is 0 Å². The van der Waals surface area contributed by atoms with E-state index in [0.717, 1.165) is 24.0 Å². The molecule has 0 amide bonds. The average molecular weight is 219 g/mol. The molecule has 3 heteroatoms. The molecule has 88 valence electrons. The van der Waals surface area contributed by atoms with Gasteiger partial charge in [0.25, 0.3) is 0 Å². The van der Waals surface area contributed by atoms with Crippen molar-refractivity contribution in [1.29, 1.82) is 0 Å². The Bertz CT molecular complexity index is 375. The molecule has 0 spiro atoms. The van der Waals surface area contributed by atoms with Crippen molar-refractivity contribution < 1.29 is 0 Å². The third-order valence-corrected chi connectivity index (χ3v) is 3.45. The number of aromatic nitrogens is 2. The molecule has 0 aliphatic heterocycles. The van der Waals surface area contributed by atoms with Crippen LogP contribution >= 0.6 is 0 Å². The topological polar surface area (TPSA) is 37.8 Å². The molecule has 1 aromatic rings. The second-order valence-corrected chi connectivity index (χ2v) is 4.87. The Labute approximate surface area is 97.7 Å². The van der Waals surface area contributed by atoms with Crippen molar-refractivity contribution in [3.63, 3.8) is 0 Å². The van der Waals surface area contributed by atoms with Gasteiger partial charge in [-0.15, -0.1) is 0 Å². The average Bonchev–Trinajstić information content (AvgIpc) is 2.95. The zero-order valence-electron chi connectivity index (χ0n) is 10.6. The van der Waals surface area contributed by atoms with E-state index in [2.05, 4.69) is 43.0 Å². The van der Waals surface area contributed by atoms with Crippen LogP contribution in [0.4, 0.5) is 0 Å². The van der Waals surface area contributed by atoms with Crippen LogP contribution in [-0.4, -0.2) is 16.5 Å². The third-order valence-electron chi connectivity index (χ3n) is 3.45. The molecule has 3 unspecified atom stereocenters. The highest BCUT2D eigenvalue weighted by atomic mass is 14.9. The van der Waals surface area contributed by atoms with E-state index in [4.69, 9.17) is 0 Å². The fourth-order valence-corrected chi connectivity index (χ4v) is 2.20. The van der Waals surface area contributed by atoms with Crippen LogP contribution in [-0.2, 0) is 0 Å². The molecule has 0 radical (unpaired) electrons. The van der Waals surface area contributed by atoms with E-state index in [1.165, 1.54) is 12.0 Å². The van der Waals surface area contributed by atoms with Gasteiger partial charge in [0.15, 0.2) is 0 Å². The molecule has 1 N–H and O–H groups in total. The Balaban J connectivity index is 2.16. The number of hydrogen-bond acceptors (Lipinski definition) is 3. The minimum Gasteiger partial charge on any atom is -0.310 e. The number of rotatable bonds is 4. The molecule has 3 nitrogen and oxygen atoms in total. The largest absolute Gasteiger partial charge is 0.310 e. The van der Waals surface area contributed by atoms with E-state index >= 15 is 0 Å². The highest BCUT2D eigenvalue weighted by Gasteiger charge is 2.36. The molecule has 1 aromatic heterocycles. The van der Waals surface area contributed by atoms with Gasteiger partial charge in [-0.3, -0.25) is 0 Å². The van der Waals surface area contributed by atoms with E-state index in [9.17, 15) is 0 Å². The van der Waals surface area contributed by atoms with Crippen molar-refractivity contribution in [1.82, 2.24) is 15.3 Å². The predicted octanol–water partition coefficient (Wildman–Crippen LogP) is 2.58. The first-order valence-corrected chi connectivity index (χ1v) is 6.20. The third kappa shape index (κ3) is 2.24. The summed E-state index contributed by atoms with van der Waals surface area (Å²) in [7, 11) is 0. The summed E-state index contributed by atoms with van der Waals surface area (Å²) in [6.45, 7) is 9.60. The van der Waals surface area contributed by atoms with Gasteiger partial charge in [-0.25, -0.2) is 9.97 Å². The van der Waals surface area contributed by atoms with E-state index < -0.39 is 0 Å². The van der Waals surface area contributed by atoms with Gasteiger partial charge in [-0.05, 0) is 32.7 Å². The Hall–Kier alpha value is -0.960. The molecule has 1 aliphatic rings. The van der Waals surface area contributed by atoms with E-state index in [1.807, 2.05) is 6.20 Å². The summed E-state index contributed by atoms with van der Waals surface area (Å²) >= 11 is 0. The Morgan fingerprint density at radius 2 is 2.25 bits per heavy atom. The van der Waals surface area contributed by atoms with Gasteiger partial charge >= 0.3 is 0 Å². The Morgan fingerprint density at radius 3 is 2.75 bits per heavy atom. The molecule has 16 heavy (non-hydrogen) atoms. The molecule has 1 heterocycles. The highest BCUT2D eigenvalue weighted by molar-refractivity contribution is 5.22. The van der Waals surface area contributed by atoms with Crippen LogP contribution < -0.4 is 5.32 Å². The monoisotopic (exact) mass is 219 g/mol. The van der Waals surface area contributed by atoms with Crippen molar-refractivity contribution in [2.24, 2.45) is 5.92 Å². The van der Waals surface area contributed by atoms with Gasteiger partial charge in [-0.1, -0.05) is 13.8 Å². The summed E-state index contributed by atoms with van der Waals surface area (Å²) in [5, 5.41) is 3.40. The second kappa shape index (κ2) is 4.50. The fourth-order valence-electron chi connectivity index (χ4n) is 2.20. The minimum atomic E-state index is 0.343. The predicted molar refractivity (Wildman–Crippen MR) is 65.4 cm³/mol. The molecular weight excluding hydrogens is 198 g/mol. The summed E-state index contributed by atoms with van der Waals surface area (Å²) in [6, 6.07) is 0.343. The molecule has 3 atom stereocenters. The van der Waals surface area contributed by atoms with Gasteiger partial charge in [0.05, 0.1) is 0 Å². The quantitative estimate of drug-likeness (QED) is 0.845. The van der Waals surface area contributed by atoms with Crippen molar-refractivity contribution in [2.75, 3.05) is 6.54 Å². The lowest BCUT2D eigenvalue weighted by molar-refractivity contribution is 0.588. The SMILES string of the molecule is CCNC(C)c1cnc(C2CC2C)nc1C. The highest BCUT2D eigenvalue weighted by Crippen LogP contribution is 2.45. The maximum absolute atomic E-state index is 4.64. The van der Waals surface area contributed by atoms with Crippen LogP contribution in [0.15, 0.2) is 6.20 Å². The Kier molecular flexibility index (Phi) is 3.24.